The molecule has 1 heteroatoms. The lowest BCUT2D eigenvalue weighted by molar-refractivity contribution is 0.876. The minimum atomic E-state index is 0.378. The quantitative estimate of drug-likeness (QED) is 0.161. The van der Waals surface area contributed by atoms with Gasteiger partial charge in [-0.3, -0.25) is 0 Å². The van der Waals surface area contributed by atoms with Gasteiger partial charge in [0.15, 0.2) is 0 Å². The molecule has 0 nitrogen and oxygen atoms in total. The first-order valence-electron chi connectivity index (χ1n) is 19.0. The maximum Gasteiger partial charge on any atom is 0.0440 e. The zero-order valence-electron chi connectivity index (χ0n) is 30.4. The number of fused-ring (bicyclic) bond motifs is 10. The van der Waals surface area contributed by atoms with Crippen LogP contribution in [0.4, 0.5) is 0 Å². The van der Waals surface area contributed by atoms with Crippen LogP contribution in [-0.2, 0) is 0 Å². The van der Waals surface area contributed by atoms with Crippen molar-refractivity contribution in [3.05, 3.63) is 157 Å². The highest BCUT2D eigenvalue weighted by molar-refractivity contribution is 7.26. The Hall–Kier alpha value is -5.76. The fraction of sp³-hybridized carbons (Fsp3) is 0.115. The summed E-state index contributed by atoms with van der Waals surface area (Å²) in [7, 11) is 0. The van der Waals surface area contributed by atoms with Gasteiger partial charge in [0.25, 0.3) is 0 Å². The van der Waals surface area contributed by atoms with Crippen molar-refractivity contribution in [2.45, 2.75) is 39.5 Å². The third-order valence-electron chi connectivity index (χ3n) is 11.9. The van der Waals surface area contributed by atoms with Crippen LogP contribution in [0.1, 0.15) is 50.7 Å². The van der Waals surface area contributed by atoms with E-state index in [2.05, 4.69) is 173 Å². The summed E-state index contributed by atoms with van der Waals surface area (Å²) in [4.78, 5) is 0. The van der Waals surface area contributed by atoms with Gasteiger partial charge in [0.2, 0.25) is 0 Å². The summed E-state index contributed by atoms with van der Waals surface area (Å²) in [6.45, 7) is 9.37. The van der Waals surface area contributed by atoms with Gasteiger partial charge >= 0.3 is 0 Å². The van der Waals surface area contributed by atoms with Gasteiger partial charge in [-0.2, -0.15) is 0 Å². The van der Waals surface area contributed by atoms with Gasteiger partial charge in [-0.25, -0.2) is 0 Å². The second kappa shape index (κ2) is 11.4. The van der Waals surface area contributed by atoms with E-state index in [9.17, 15) is 0 Å². The first-order chi connectivity index (χ1) is 26.0. The molecule has 10 aromatic carbocycles. The smallest absolute Gasteiger partial charge is 0.0440 e. The molecular formula is C52H38S. The van der Waals surface area contributed by atoms with E-state index >= 15 is 0 Å². The molecule has 0 aliphatic rings. The van der Waals surface area contributed by atoms with Gasteiger partial charge in [-0.05, 0) is 129 Å². The molecule has 11 rings (SSSR count). The maximum atomic E-state index is 2.50. The summed E-state index contributed by atoms with van der Waals surface area (Å²) in [6, 6.07) is 55.4. The normalized spacial score (nSPS) is 12.5. The van der Waals surface area contributed by atoms with E-state index < -0.39 is 0 Å². The molecule has 1 aromatic heterocycles. The van der Waals surface area contributed by atoms with E-state index in [4.69, 9.17) is 0 Å². The molecule has 0 bridgehead atoms. The Kier molecular flexibility index (Phi) is 6.61. The van der Waals surface area contributed by atoms with Crippen LogP contribution in [0.5, 0.6) is 0 Å². The van der Waals surface area contributed by atoms with Gasteiger partial charge < -0.3 is 0 Å². The summed E-state index contributed by atoms with van der Waals surface area (Å²) in [5, 5.41) is 18.9. The third-order valence-corrected chi connectivity index (χ3v) is 13.1. The van der Waals surface area contributed by atoms with Crippen LogP contribution in [0.2, 0.25) is 0 Å². The molecule has 53 heavy (non-hydrogen) atoms. The Morgan fingerprint density at radius 2 is 0.830 bits per heavy atom. The Morgan fingerprint density at radius 1 is 0.340 bits per heavy atom. The van der Waals surface area contributed by atoms with E-state index in [0.717, 1.165) is 0 Å². The van der Waals surface area contributed by atoms with Gasteiger partial charge in [-0.1, -0.05) is 149 Å². The lowest BCUT2D eigenvalue weighted by Crippen LogP contribution is -1.98. The Bertz CT molecular complexity index is 3270. The molecule has 0 atom stereocenters. The van der Waals surface area contributed by atoms with Crippen molar-refractivity contribution in [1.82, 2.24) is 0 Å². The van der Waals surface area contributed by atoms with E-state index in [1.54, 1.807) is 0 Å². The van der Waals surface area contributed by atoms with Crippen molar-refractivity contribution in [2.75, 3.05) is 0 Å². The molecule has 0 amide bonds. The van der Waals surface area contributed by atoms with Crippen LogP contribution < -0.4 is 0 Å². The van der Waals surface area contributed by atoms with Gasteiger partial charge in [-0.15, -0.1) is 11.3 Å². The summed E-state index contributed by atoms with van der Waals surface area (Å²) in [5.74, 6) is 0.782. The molecule has 0 spiro atoms. The largest absolute Gasteiger partial charge is 0.135 e. The topological polar surface area (TPSA) is 0 Å². The fourth-order valence-electron chi connectivity index (χ4n) is 9.48. The number of hydrogen-bond donors (Lipinski definition) is 0. The van der Waals surface area contributed by atoms with Crippen LogP contribution in [-0.4, -0.2) is 0 Å². The average Bonchev–Trinajstić information content (AvgIpc) is 3.58. The van der Waals surface area contributed by atoms with E-state index in [-0.39, 0.29) is 0 Å². The van der Waals surface area contributed by atoms with E-state index in [0.29, 0.717) is 11.8 Å². The molecule has 0 unspecified atom stereocenters. The summed E-state index contributed by atoms with van der Waals surface area (Å²) in [6.07, 6.45) is 0. The SMILES string of the molecule is CC(C)c1cc(-c2ccccc2)c2ccc3c(C(C)C)cc(-c4ccc5c(c4)c4ccccc4c4ccc6c7ccccc7sc6c45)c4ccc1c2c43. The van der Waals surface area contributed by atoms with Crippen molar-refractivity contribution in [3.8, 4) is 22.3 Å². The summed E-state index contributed by atoms with van der Waals surface area (Å²) >= 11 is 1.93. The van der Waals surface area contributed by atoms with Crippen molar-refractivity contribution >= 4 is 96.1 Å². The third kappa shape index (κ3) is 4.35. The molecule has 1 heterocycles. The monoisotopic (exact) mass is 694 g/mol. The van der Waals surface area contributed by atoms with Crippen LogP contribution in [0.15, 0.2) is 146 Å². The first-order valence-corrected chi connectivity index (χ1v) is 19.8. The Labute approximate surface area is 313 Å². The number of rotatable bonds is 4. The average molecular weight is 695 g/mol. The van der Waals surface area contributed by atoms with Crippen LogP contribution >= 0.6 is 11.3 Å². The van der Waals surface area contributed by atoms with E-state index in [1.165, 1.54) is 118 Å². The van der Waals surface area contributed by atoms with Crippen LogP contribution in [0.25, 0.3) is 107 Å². The molecule has 0 saturated carbocycles. The molecule has 0 aliphatic carbocycles. The van der Waals surface area contributed by atoms with E-state index in [1.807, 2.05) is 11.3 Å². The highest BCUT2D eigenvalue weighted by atomic mass is 32.1. The zero-order valence-corrected chi connectivity index (χ0v) is 31.2. The predicted molar refractivity (Wildman–Crippen MR) is 235 cm³/mol. The number of benzene rings is 10. The number of hydrogen-bond acceptors (Lipinski definition) is 1. The Balaban J connectivity index is 1.26. The minimum absolute atomic E-state index is 0.378. The molecule has 0 fully saturated rings. The molecule has 252 valence electrons. The molecule has 0 N–H and O–H groups in total. The Morgan fingerprint density at radius 3 is 1.49 bits per heavy atom. The second-order valence-corrected chi connectivity index (χ2v) is 16.6. The lowest BCUT2D eigenvalue weighted by Gasteiger charge is -2.23. The minimum Gasteiger partial charge on any atom is -0.135 e. The number of thiophene rings is 1. The van der Waals surface area contributed by atoms with Crippen LogP contribution in [0, 0.1) is 0 Å². The summed E-state index contributed by atoms with van der Waals surface area (Å²) in [5.41, 5.74) is 8.02. The fourth-order valence-corrected chi connectivity index (χ4v) is 10.7. The van der Waals surface area contributed by atoms with Crippen molar-refractivity contribution in [1.29, 1.82) is 0 Å². The maximum absolute atomic E-state index is 2.50. The molecule has 0 radical (unpaired) electrons. The zero-order chi connectivity index (χ0) is 35.5. The van der Waals surface area contributed by atoms with Crippen molar-refractivity contribution in [2.24, 2.45) is 0 Å². The van der Waals surface area contributed by atoms with Gasteiger partial charge in [0.1, 0.15) is 0 Å². The highest BCUT2D eigenvalue weighted by Crippen LogP contribution is 2.49. The molecule has 0 aliphatic heterocycles. The molecule has 11 aromatic rings. The lowest BCUT2D eigenvalue weighted by atomic mass is 9.80. The summed E-state index contributed by atoms with van der Waals surface area (Å²) < 4.78 is 2.73. The van der Waals surface area contributed by atoms with Crippen molar-refractivity contribution in [3.63, 3.8) is 0 Å². The highest BCUT2D eigenvalue weighted by Gasteiger charge is 2.22. The van der Waals surface area contributed by atoms with Gasteiger partial charge in [0.05, 0.1) is 0 Å². The second-order valence-electron chi connectivity index (χ2n) is 15.5. The van der Waals surface area contributed by atoms with Crippen LogP contribution in [0.3, 0.4) is 0 Å². The van der Waals surface area contributed by atoms with Crippen molar-refractivity contribution < 1.29 is 0 Å². The molecular weight excluding hydrogens is 657 g/mol. The predicted octanol–water partition coefficient (Wildman–Crippen LogP) is 16.0. The van der Waals surface area contributed by atoms with Gasteiger partial charge in [0, 0.05) is 25.6 Å². The first kappa shape index (κ1) is 30.8. The molecule has 0 saturated heterocycles. The standard InChI is InChI=1S/C52H38S/c1-29(2)43-27-45(31-12-6-5-7-13-31)39-22-20-38-44(30(3)4)28-46(40-23-21-37(43)49(39)50(38)40)32-18-19-41-47(26-32)34-15-9-8-14-33(34)36-24-25-42-35-16-10-11-17-48(35)53-52(42)51(36)41/h5-30H,1-4H3.